The van der Waals surface area contributed by atoms with Crippen molar-refractivity contribution in [3.05, 3.63) is 65.9 Å². The molecule has 5 nitrogen and oxygen atoms in total. The minimum absolute atomic E-state index is 0.00936. The molecule has 0 spiro atoms. The Balaban J connectivity index is 1.67. The second-order valence-electron chi connectivity index (χ2n) is 7.77. The van der Waals surface area contributed by atoms with Crippen molar-refractivity contribution in [1.82, 2.24) is 14.7 Å². The van der Waals surface area contributed by atoms with Gasteiger partial charge in [-0.1, -0.05) is 6.07 Å². The summed E-state index contributed by atoms with van der Waals surface area (Å²) in [6.07, 6.45) is -1.80. The number of hydrogen-bond donors (Lipinski definition) is 0. The van der Waals surface area contributed by atoms with Crippen molar-refractivity contribution in [2.24, 2.45) is 5.92 Å². The monoisotopic (exact) mass is 462 g/mol. The molecule has 3 aromatic rings. The second kappa shape index (κ2) is 9.19. The van der Waals surface area contributed by atoms with E-state index in [0.717, 1.165) is 24.3 Å². The van der Waals surface area contributed by atoms with Gasteiger partial charge in [-0.3, -0.25) is 4.90 Å². The predicted octanol–water partition coefficient (Wildman–Crippen LogP) is 5.45. The second-order valence-corrected chi connectivity index (χ2v) is 7.77. The number of piperidine rings is 1. The Morgan fingerprint density at radius 3 is 2.24 bits per heavy atom. The van der Waals surface area contributed by atoms with Gasteiger partial charge in [-0.15, -0.1) is 13.2 Å². The Labute approximate surface area is 186 Å². The van der Waals surface area contributed by atoms with Gasteiger partial charge in [0.25, 0.3) is 0 Å². The van der Waals surface area contributed by atoms with E-state index in [2.05, 4.69) is 20.8 Å². The van der Waals surface area contributed by atoms with Gasteiger partial charge in [0.2, 0.25) is 0 Å². The lowest BCUT2D eigenvalue weighted by molar-refractivity contribution is -0.274. The highest BCUT2D eigenvalue weighted by Gasteiger charge is 2.31. The molecule has 0 N–H and O–H groups in total. The van der Waals surface area contributed by atoms with Crippen LogP contribution in [0.3, 0.4) is 0 Å². The lowest BCUT2D eigenvalue weighted by Crippen LogP contribution is -2.32. The maximum absolute atomic E-state index is 14.6. The standard InChI is InChI=1S/C23H19F5N4O/c24-19-2-1-3-20(25)21(19)22-16(13-31-10-8-15(12-29)9-11-31)14-32(30-22)17-4-6-18(7-5-17)33-23(26,27)28/h1-7,14-15H,8-11,13H2. The molecular formula is C23H19F5N4O. The zero-order valence-electron chi connectivity index (χ0n) is 17.3. The van der Waals surface area contributed by atoms with Gasteiger partial charge in [0.15, 0.2) is 0 Å². The molecular weight excluding hydrogens is 443 g/mol. The van der Waals surface area contributed by atoms with Crippen molar-refractivity contribution in [2.75, 3.05) is 13.1 Å². The van der Waals surface area contributed by atoms with Crippen molar-refractivity contribution in [3.63, 3.8) is 0 Å². The number of benzene rings is 2. The molecule has 172 valence electrons. The fraction of sp³-hybridized carbons (Fsp3) is 0.304. The first-order valence-electron chi connectivity index (χ1n) is 10.2. The highest BCUT2D eigenvalue weighted by Crippen LogP contribution is 2.31. The zero-order chi connectivity index (χ0) is 23.6. The van der Waals surface area contributed by atoms with Crippen LogP contribution in [0.5, 0.6) is 5.75 Å². The van der Waals surface area contributed by atoms with Gasteiger partial charge in [0.05, 0.1) is 17.3 Å². The molecule has 0 atom stereocenters. The van der Waals surface area contributed by atoms with E-state index in [1.54, 1.807) is 6.20 Å². The predicted molar refractivity (Wildman–Crippen MR) is 109 cm³/mol. The van der Waals surface area contributed by atoms with Gasteiger partial charge in [-0.2, -0.15) is 10.4 Å². The number of aromatic nitrogens is 2. The van der Waals surface area contributed by atoms with Crippen molar-refractivity contribution in [3.8, 4) is 28.8 Å². The number of rotatable bonds is 5. The average Bonchev–Trinajstić information content (AvgIpc) is 3.17. The largest absolute Gasteiger partial charge is 0.573 e. The van der Waals surface area contributed by atoms with E-state index in [-0.39, 0.29) is 22.9 Å². The van der Waals surface area contributed by atoms with Crippen LogP contribution in [0, 0.1) is 28.9 Å². The smallest absolute Gasteiger partial charge is 0.406 e. The molecule has 4 rings (SSSR count). The Hall–Kier alpha value is -3.45. The van der Waals surface area contributed by atoms with Crippen molar-refractivity contribution >= 4 is 0 Å². The summed E-state index contributed by atoms with van der Waals surface area (Å²) in [7, 11) is 0. The summed E-state index contributed by atoms with van der Waals surface area (Å²) in [6, 6.07) is 10.8. The van der Waals surface area contributed by atoms with Crippen LogP contribution in [0.25, 0.3) is 16.9 Å². The van der Waals surface area contributed by atoms with E-state index in [0.29, 0.717) is 43.7 Å². The fourth-order valence-electron chi connectivity index (χ4n) is 3.85. The first-order valence-corrected chi connectivity index (χ1v) is 10.2. The summed E-state index contributed by atoms with van der Waals surface area (Å²) >= 11 is 0. The Morgan fingerprint density at radius 2 is 1.67 bits per heavy atom. The molecule has 2 heterocycles. The quantitative estimate of drug-likeness (QED) is 0.473. The first kappa shape index (κ1) is 22.7. The lowest BCUT2D eigenvalue weighted by atomic mass is 9.98. The molecule has 0 aliphatic carbocycles. The summed E-state index contributed by atoms with van der Waals surface area (Å²) in [5, 5.41) is 13.5. The average molecular weight is 462 g/mol. The van der Waals surface area contributed by atoms with E-state index in [1.165, 1.54) is 22.9 Å². The molecule has 1 fully saturated rings. The number of nitrogens with zero attached hydrogens (tertiary/aromatic N) is 4. The fourth-order valence-corrected chi connectivity index (χ4v) is 3.85. The highest BCUT2D eigenvalue weighted by molar-refractivity contribution is 5.64. The molecule has 0 saturated carbocycles. The van der Waals surface area contributed by atoms with Crippen LogP contribution in [0.1, 0.15) is 18.4 Å². The molecule has 0 amide bonds. The lowest BCUT2D eigenvalue weighted by Gasteiger charge is -2.28. The number of nitriles is 1. The minimum Gasteiger partial charge on any atom is -0.406 e. The highest BCUT2D eigenvalue weighted by atomic mass is 19.4. The molecule has 1 aliphatic heterocycles. The molecule has 0 radical (unpaired) electrons. The van der Waals surface area contributed by atoms with E-state index in [1.807, 2.05) is 0 Å². The summed E-state index contributed by atoms with van der Waals surface area (Å²) < 4.78 is 71.6. The Morgan fingerprint density at radius 1 is 1.03 bits per heavy atom. The van der Waals surface area contributed by atoms with E-state index in [9.17, 15) is 22.0 Å². The number of hydrogen-bond acceptors (Lipinski definition) is 4. The molecule has 0 bridgehead atoms. The maximum Gasteiger partial charge on any atom is 0.573 e. The first-order chi connectivity index (χ1) is 15.7. The van der Waals surface area contributed by atoms with Crippen LogP contribution < -0.4 is 4.74 Å². The van der Waals surface area contributed by atoms with E-state index in [4.69, 9.17) is 5.26 Å². The molecule has 10 heteroatoms. The van der Waals surface area contributed by atoms with Crippen molar-refractivity contribution in [2.45, 2.75) is 25.7 Å². The normalized spacial score (nSPS) is 15.4. The topological polar surface area (TPSA) is 54.1 Å². The van der Waals surface area contributed by atoms with Crippen LogP contribution in [0.2, 0.25) is 0 Å². The Kier molecular flexibility index (Phi) is 6.33. The number of ether oxygens (including phenoxy) is 1. The SMILES string of the molecule is N#CC1CCN(Cc2cn(-c3ccc(OC(F)(F)F)cc3)nc2-c2c(F)cccc2F)CC1. The van der Waals surface area contributed by atoms with Gasteiger partial charge in [0.1, 0.15) is 23.1 Å². The number of halogens is 5. The molecule has 2 aromatic carbocycles. The number of likely N-dealkylation sites (tertiary alicyclic amines) is 1. The summed E-state index contributed by atoms with van der Waals surface area (Å²) in [4.78, 5) is 2.08. The third-order valence-electron chi connectivity index (χ3n) is 5.49. The number of alkyl halides is 3. The summed E-state index contributed by atoms with van der Waals surface area (Å²) in [5.41, 5.74) is 0.806. The van der Waals surface area contributed by atoms with Crippen molar-refractivity contribution in [1.29, 1.82) is 5.26 Å². The Bertz CT molecular complexity index is 1140. The zero-order valence-corrected chi connectivity index (χ0v) is 17.3. The summed E-state index contributed by atoms with van der Waals surface area (Å²) in [5.74, 6) is -1.93. The van der Waals surface area contributed by atoms with Crippen LogP contribution >= 0.6 is 0 Å². The van der Waals surface area contributed by atoms with Crippen LogP contribution in [0.4, 0.5) is 22.0 Å². The van der Waals surface area contributed by atoms with Gasteiger partial charge in [-0.25, -0.2) is 13.5 Å². The third kappa shape index (κ3) is 5.31. The van der Waals surface area contributed by atoms with Gasteiger partial charge in [-0.05, 0) is 62.3 Å². The van der Waals surface area contributed by atoms with Crippen LogP contribution in [-0.2, 0) is 6.54 Å². The van der Waals surface area contributed by atoms with Crippen LogP contribution in [0.15, 0.2) is 48.7 Å². The van der Waals surface area contributed by atoms with E-state index < -0.39 is 18.0 Å². The maximum atomic E-state index is 14.6. The van der Waals surface area contributed by atoms with E-state index >= 15 is 0 Å². The molecule has 1 aliphatic rings. The van der Waals surface area contributed by atoms with Crippen molar-refractivity contribution < 1.29 is 26.7 Å². The molecule has 1 saturated heterocycles. The molecule has 1 aromatic heterocycles. The minimum atomic E-state index is -4.81. The summed E-state index contributed by atoms with van der Waals surface area (Å²) in [6.45, 7) is 1.68. The van der Waals surface area contributed by atoms with Gasteiger partial charge in [0, 0.05) is 24.2 Å². The van der Waals surface area contributed by atoms with Crippen LogP contribution in [-0.4, -0.2) is 34.1 Å². The third-order valence-corrected chi connectivity index (χ3v) is 5.49. The van der Waals surface area contributed by atoms with Gasteiger partial charge >= 0.3 is 6.36 Å². The molecule has 33 heavy (non-hydrogen) atoms. The van der Waals surface area contributed by atoms with Gasteiger partial charge < -0.3 is 4.74 Å². The molecule has 0 unspecified atom stereocenters.